The molecule has 118 valence electrons. The number of benzene rings is 2. The largest absolute Gasteiger partial charge is 0.418 e. The van der Waals surface area contributed by atoms with Gasteiger partial charge in [-0.3, -0.25) is 0 Å². The highest BCUT2D eigenvalue weighted by Crippen LogP contribution is 2.33. The molecule has 0 radical (unpaired) electrons. The predicted molar refractivity (Wildman–Crippen MR) is 102 cm³/mol. The maximum Gasteiger partial charge on any atom is 0.183 e. The summed E-state index contributed by atoms with van der Waals surface area (Å²) in [6.45, 7) is 7.67. The van der Waals surface area contributed by atoms with Crippen molar-refractivity contribution in [3.05, 3.63) is 71.8 Å². The third-order valence-corrected chi connectivity index (χ3v) is 6.90. The Bertz CT molecular complexity index is 521. The minimum Gasteiger partial charge on any atom is -0.418 e. The Morgan fingerprint density at radius 1 is 0.864 bits per heavy atom. The van der Waals surface area contributed by atoms with E-state index in [-0.39, 0.29) is 5.04 Å². The summed E-state index contributed by atoms with van der Waals surface area (Å²) in [6, 6.07) is 21.9. The molecule has 0 N–H and O–H groups in total. The van der Waals surface area contributed by atoms with Crippen LogP contribution in [0.3, 0.4) is 0 Å². The van der Waals surface area contributed by atoms with Gasteiger partial charge in [-0.1, -0.05) is 60.7 Å². The van der Waals surface area contributed by atoms with Crippen molar-refractivity contribution in [1.82, 2.24) is 0 Å². The van der Waals surface area contributed by atoms with Gasteiger partial charge in [-0.05, 0) is 43.6 Å². The Morgan fingerprint density at radius 3 is 1.73 bits per heavy atom. The number of rotatable bonds is 7. The highest BCUT2D eigenvalue weighted by atomic mass is 28.4. The summed E-state index contributed by atoms with van der Waals surface area (Å²) in [7, 11) is -0.295. The molecule has 1 nitrogen and oxygen atoms in total. The van der Waals surface area contributed by atoms with E-state index < -0.39 is 8.32 Å². The number of hydrogen-bond donors (Lipinski definition) is 0. The Kier molecular flexibility index (Phi) is 5.78. The van der Waals surface area contributed by atoms with Gasteiger partial charge in [-0.25, -0.2) is 0 Å². The van der Waals surface area contributed by atoms with Crippen LogP contribution in [0.4, 0.5) is 0 Å². The van der Waals surface area contributed by atoms with Crippen molar-refractivity contribution in [3.63, 3.8) is 0 Å². The Morgan fingerprint density at radius 2 is 1.32 bits per heavy atom. The van der Waals surface area contributed by atoms with Crippen LogP contribution in [0.1, 0.15) is 24.0 Å². The monoisotopic (exact) mass is 328 g/mol. The fourth-order valence-electron chi connectivity index (χ4n) is 2.87. The fraction of sp³-hybridized carbons (Fsp3) is 0.368. The normalized spacial score (nSPS) is 12.5. The minimum atomic E-state index is -1.40. The first kappa shape index (κ1) is 17.2. The van der Waals surface area contributed by atoms with Gasteiger partial charge in [0.1, 0.15) is 0 Å². The zero-order chi connectivity index (χ0) is 16.1. The van der Waals surface area contributed by atoms with Crippen molar-refractivity contribution in [2.75, 3.05) is 6.61 Å². The summed E-state index contributed by atoms with van der Waals surface area (Å²) in [4.78, 5) is 0. The summed E-state index contributed by atoms with van der Waals surface area (Å²) in [5, 5.41) is 0.186. The van der Waals surface area contributed by atoms with Gasteiger partial charge in [-0.15, -0.1) is 0 Å². The molecule has 0 saturated heterocycles. The van der Waals surface area contributed by atoms with Crippen LogP contribution in [0.15, 0.2) is 60.7 Å². The van der Waals surface area contributed by atoms with Crippen molar-refractivity contribution in [2.24, 2.45) is 0 Å². The van der Waals surface area contributed by atoms with Crippen molar-refractivity contribution in [3.8, 4) is 0 Å². The summed E-state index contributed by atoms with van der Waals surface area (Å²) < 4.78 is 6.05. The molecule has 0 fully saturated rings. The molecule has 2 rings (SSSR count). The van der Waals surface area contributed by atoms with Gasteiger partial charge in [0.15, 0.2) is 8.32 Å². The van der Waals surface area contributed by atoms with Gasteiger partial charge in [0.25, 0.3) is 0 Å². The predicted octanol–water partition coefficient (Wildman–Crippen LogP) is 3.93. The summed E-state index contributed by atoms with van der Waals surface area (Å²) >= 11 is 0. The average Bonchev–Trinajstić information content (AvgIpc) is 2.52. The molecule has 0 saturated carbocycles. The molecule has 0 unspecified atom stereocenters. The van der Waals surface area contributed by atoms with E-state index in [0.717, 1.165) is 29.7 Å². The molecule has 0 aliphatic rings. The quantitative estimate of drug-likeness (QED) is 0.553. The minimum absolute atomic E-state index is 0.186. The van der Waals surface area contributed by atoms with Crippen LogP contribution in [0.25, 0.3) is 0 Å². The van der Waals surface area contributed by atoms with Crippen molar-refractivity contribution in [2.45, 2.75) is 37.5 Å². The van der Waals surface area contributed by atoms with Crippen molar-refractivity contribution < 1.29 is 4.43 Å². The third-order valence-electron chi connectivity index (χ3n) is 4.18. The van der Waals surface area contributed by atoms with E-state index in [1.165, 1.54) is 11.1 Å². The molecule has 0 spiro atoms. The van der Waals surface area contributed by atoms with E-state index in [4.69, 9.17) is 4.43 Å². The fourth-order valence-corrected chi connectivity index (χ4v) is 4.65. The lowest BCUT2D eigenvalue weighted by Gasteiger charge is -2.32. The Hall–Kier alpha value is -1.17. The summed E-state index contributed by atoms with van der Waals surface area (Å²) in [6.07, 6.45) is 2.29. The second kappa shape index (κ2) is 7.40. The molecule has 2 aromatic rings. The molecule has 22 heavy (non-hydrogen) atoms. The smallest absolute Gasteiger partial charge is 0.183 e. The maximum absolute atomic E-state index is 6.05. The van der Waals surface area contributed by atoms with Gasteiger partial charge in [0.05, 0.1) is 0 Å². The van der Waals surface area contributed by atoms with Crippen LogP contribution in [0, 0.1) is 0 Å². The first-order chi connectivity index (χ1) is 10.4. The topological polar surface area (TPSA) is 9.23 Å². The zero-order valence-corrected chi connectivity index (χ0v) is 17.3. The van der Waals surface area contributed by atoms with E-state index >= 15 is 0 Å². The van der Waals surface area contributed by atoms with Crippen LogP contribution >= 0.6 is 0 Å². The van der Waals surface area contributed by atoms with Crippen molar-refractivity contribution >= 4 is 18.6 Å². The molecule has 0 heterocycles. The second-order valence-electron chi connectivity index (χ2n) is 7.13. The molecule has 0 amide bonds. The summed E-state index contributed by atoms with van der Waals surface area (Å²) in [5.74, 6) is 0. The molecular formula is C19H28OSi2. The molecule has 2 aromatic carbocycles. The molecular weight excluding hydrogens is 300 g/mol. The third kappa shape index (κ3) is 4.66. The van der Waals surface area contributed by atoms with Gasteiger partial charge >= 0.3 is 0 Å². The second-order valence-corrected chi connectivity index (χ2v) is 13.3. The Labute approximate surface area is 139 Å². The lowest BCUT2D eigenvalue weighted by Crippen LogP contribution is -2.30. The van der Waals surface area contributed by atoms with Gasteiger partial charge < -0.3 is 4.43 Å². The number of hydrogen-bond acceptors (Lipinski definition) is 1. The average molecular weight is 329 g/mol. The van der Waals surface area contributed by atoms with E-state index in [9.17, 15) is 0 Å². The molecule has 0 aromatic heterocycles. The van der Waals surface area contributed by atoms with E-state index in [0.29, 0.717) is 0 Å². The molecule has 0 aliphatic heterocycles. The first-order valence-electron chi connectivity index (χ1n) is 8.17. The van der Waals surface area contributed by atoms with Crippen LogP contribution < -0.4 is 0 Å². The maximum atomic E-state index is 6.05. The van der Waals surface area contributed by atoms with Crippen LogP contribution in [0.5, 0.6) is 0 Å². The first-order valence-corrected chi connectivity index (χ1v) is 12.6. The molecule has 3 heteroatoms. The SMILES string of the molecule is C[Si](C)(C)OCCCC([SiH3])(c1ccccc1)c1ccccc1. The Balaban J connectivity index is 2.17. The van der Waals surface area contributed by atoms with Gasteiger partial charge in [0, 0.05) is 21.9 Å². The van der Waals surface area contributed by atoms with E-state index in [1.807, 2.05) is 0 Å². The van der Waals surface area contributed by atoms with E-state index in [1.54, 1.807) is 0 Å². The van der Waals surface area contributed by atoms with Crippen molar-refractivity contribution in [1.29, 1.82) is 0 Å². The van der Waals surface area contributed by atoms with Gasteiger partial charge in [-0.2, -0.15) is 0 Å². The molecule has 0 atom stereocenters. The highest BCUT2D eigenvalue weighted by Gasteiger charge is 2.28. The van der Waals surface area contributed by atoms with Crippen LogP contribution in [0.2, 0.25) is 19.6 Å². The molecule has 0 bridgehead atoms. The zero-order valence-electron chi connectivity index (χ0n) is 14.3. The van der Waals surface area contributed by atoms with Crippen LogP contribution in [-0.4, -0.2) is 25.2 Å². The lowest BCUT2D eigenvalue weighted by atomic mass is 9.86. The van der Waals surface area contributed by atoms with E-state index in [2.05, 4.69) is 80.3 Å². The van der Waals surface area contributed by atoms with Gasteiger partial charge in [0.2, 0.25) is 0 Å². The lowest BCUT2D eigenvalue weighted by molar-refractivity contribution is 0.295. The summed E-state index contributed by atoms with van der Waals surface area (Å²) in [5.41, 5.74) is 2.89. The standard InChI is InChI=1S/C19H28OSi2/c1-22(2,3)20-16-10-15-19(21,17-11-6-4-7-12-17)18-13-8-5-9-14-18/h4-9,11-14H,10,15-16H2,1-3,21H3. The highest BCUT2D eigenvalue weighted by molar-refractivity contribution is 6.69. The molecule has 0 aliphatic carbocycles. The van der Waals surface area contributed by atoms with Crippen LogP contribution in [-0.2, 0) is 9.46 Å².